The second-order valence-electron chi connectivity index (χ2n) is 4.75. The molecule has 21 heavy (non-hydrogen) atoms. The molecule has 106 valence electrons. The van der Waals surface area contributed by atoms with Crippen molar-refractivity contribution in [3.63, 3.8) is 0 Å². The first kappa shape index (κ1) is 13.8. The predicted molar refractivity (Wildman–Crippen MR) is 82.1 cm³/mol. The van der Waals surface area contributed by atoms with Crippen LogP contribution < -0.4 is 5.32 Å². The summed E-state index contributed by atoms with van der Waals surface area (Å²) in [6.45, 7) is 0. The molecule has 0 fully saturated rings. The van der Waals surface area contributed by atoms with E-state index in [-0.39, 0.29) is 5.91 Å². The van der Waals surface area contributed by atoms with Gasteiger partial charge in [-0.15, -0.1) is 0 Å². The number of carbonyl (C=O) groups is 2. The molecule has 0 aromatic heterocycles. The number of nitrogens with one attached hydrogen (secondary N) is 1. The molecule has 1 N–H and O–H groups in total. The Balaban J connectivity index is 1.75. The number of hydrogen-bond acceptors (Lipinski definition) is 3. The molecule has 0 aliphatic carbocycles. The van der Waals surface area contributed by atoms with E-state index < -0.39 is 12.1 Å². The van der Waals surface area contributed by atoms with Gasteiger partial charge in [0.25, 0.3) is 5.91 Å². The zero-order valence-electron chi connectivity index (χ0n) is 11.0. The molecule has 0 spiro atoms. The van der Waals surface area contributed by atoms with E-state index in [1.807, 2.05) is 24.3 Å². The first-order chi connectivity index (χ1) is 10.1. The van der Waals surface area contributed by atoms with E-state index in [4.69, 9.17) is 4.74 Å². The summed E-state index contributed by atoms with van der Waals surface area (Å²) in [5.74, 6) is -0.770. The third-order valence-electron chi connectivity index (χ3n) is 3.30. The van der Waals surface area contributed by atoms with Crippen molar-refractivity contribution in [2.45, 2.75) is 12.5 Å². The van der Waals surface area contributed by atoms with Gasteiger partial charge in [-0.2, -0.15) is 0 Å². The van der Waals surface area contributed by atoms with Crippen molar-refractivity contribution in [3.8, 4) is 0 Å². The Morgan fingerprint density at radius 1 is 1.14 bits per heavy atom. The molecule has 2 aromatic carbocycles. The van der Waals surface area contributed by atoms with Gasteiger partial charge in [0.1, 0.15) is 0 Å². The summed E-state index contributed by atoms with van der Waals surface area (Å²) in [7, 11) is 0. The summed E-state index contributed by atoms with van der Waals surface area (Å²) in [5, 5.41) is 2.75. The molecular weight excluding hydrogens is 334 g/mol. The van der Waals surface area contributed by atoms with Crippen LogP contribution in [-0.2, 0) is 16.0 Å². The minimum absolute atomic E-state index is 0.319. The fourth-order valence-corrected chi connectivity index (χ4v) is 2.50. The van der Waals surface area contributed by atoms with E-state index >= 15 is 0 Å². The summed E-state index contributed by atoms with van der Waals surface area (Å²) in [6, 6.07) is 14.4. The van der Waals surface area contributed by atoms with E-state index in [1.54, 1.807) is 24.3 Å². The largest absolute Gasteiger partial charge is 0.448 e. The van der Waals surface area contributed by atoms with Gasteiger partial charge >= 0.3 is 5.97 Å². The molecule has 4 nitrogen and oxygen atoms in total. The molecule has 1 atom stereocenters. The molecule has 3 rings (SSSR count). The minimum atomic E-state index is -0.795. The van der Waals surface area contributed by atoms with Gasteiger partial charge in [0.2, 0.25) is 0 Å². The smallest absolute Gasteiger partial charge is 0.339 e. The van der Waals surface area contributed by atoms with Gasteiger partial charge in [0.05, 0.1) is 5.56 Å². The summed E-state index contributed by atoms with van der Waals surface area (Å²) in [6.07, 6.45) is -0.402. The van der Waals surface area contributed by atoms with Crippen LogP contribution in [0.15, 0.2) is 53.0 Å². The molecule has 1 aliphatic heterocycles. The number of benzene rings is 2. The molecule has 0 saturated carbocycles. The summed E-state index contributed by atoms with van der Waals surface area (Å²) in [5.41, 5.74) is 2.04. The van der Waals surface area contributed by atoms with Crippen LogP contribution in [0.1, 0.15) is 15.9 Å². The van der Waals surface area contributed by atoms with Crippen molar-refractivity contribution in [1.82, 2.24) is 0 Å². The molecule has 0 radical (unpaired) electrons. The second kappa shape index (κ2) is 5.69. The summed E-state index contributed by atoms with van der Waals surface area (Å²) >= 11 is 3.33. The number of halogens is 1. The van der Waals surface area contributed by atoms with Crippen LogP contribution in [0, 0.1) is 0 Å². The number of carbonyl (C=O) groups excluding carboxylic acids is 2. The molecule has 1 amide bonds. The highest BCUT2D eigenvalue weighted by molar-refractivity contribution is 9.10. The zero-order valence-corrected chi connectivity index (χ0v) is 12.6. The number of anilines is 1. The fraction of sp³-hybridized carbons (Fsp3) is 0.125. The monoisotopic (exact) mass is 345 g/mol. The number of amides is 1. The first-order valence-corrected chi connectivity index (χ1v) is 7.28. The molecular formula is C16H12BrNO3. The number of esters is 1. The summed E-state index contributed by atoms with van der Waals surface area (Å²) in [4.78, 5) is 24.1. The molecule has 1 heterocycles. The number of rotatable bonds is 2. The SMILES string of the molecule is O=C1O[C@H](C(=O)Nc2ccc(Br)cc2)Cc2ccccc21. The lowest BCUT2D eigenvalue weighted by Gasteiger charge is -2.23. The molecule has 0 saturated heterocycles. The standard InChI is InChI=1S/C16H12BrNO3/c17-11-5-7-12(8-6-11)18-15(19)14-9-10-3-1-2-4-13(10)16(20)21-14/h1-8,14H,9H2,(H,18,19)/t14-/m0/s1. The van der Waals surface area contributed by atoms with Gasteiger partial charge in [0, 0.05) is 16.6 Å². The van der Waals surface area contributed by atoms with Crippen molar-refractivity contribution in [1.29, 1.82) is 0 Å². The van der Waals surface area contributed by atoms with Crippen LogP contribution in [0.4, 0.5) is 5.69 Å². The van der Waals surface area contributed by atoms with E-state index in [0.29, 0.717) is 17.7 Å². The molecule has 5 heteroatoms. The lowest BCUT2D eigenvalue weighted by atomic mass is 9.98. The quantitative estimate of drug-likeness (QED) is 0.850. The van der Waals surface area contributed by atoms with Crippen LogP contribution in [0.25, 0.3) is 0 Å². The van der Waals surface area contributed by atoms with E-state index in [1.165, 1.54) is 0 Å². The van der Waals surface area contributed by atoms with E-state index in [2.05, 4.69) is 21.2 Å². The average Bonchev–Trinajstić information content (AvgIpc) is 2.49. The molecule has 1 aliphatic rings. The van der Waals surface area contributed by atoms with Gasteiger partial charge < -0.3 is 10.1 Å². The van der Waals surface area contributed by atoms with E-state index in [9.17, 15) is 9.59 Å². The second-order valence-corrected chi connectivity index (χ2v) is 5.67. The van der Waals surface area contributed by atoms with Gasteiger partial charge in [0.15, 0.2) is 6.10 Å². The van der Waals surface area contributed by atoms with Crippen LogP contribution in [0.2, 0.25) is 0 Å². The van der Waals surface area contributed by atoms with Gasteiger partial charge in [-0.3, -0.25) is 4.79 Å². The number of ether oxygens (including phenoxy) is 1. The van der Waals surface area contributed by atoms with Crippen LogP contribution in [0.3, 0.4) is 0 Å². The van der Waals surface area contributed by atoms with Gasteiger partial charge in [-0.25, -0.2) is 4.79 Å². The van der Waals surface area contributed by atoms with Gasteiger partial charge in [-0.05, 0) is 35.9 Å². The van der Waals surface area contributed by atoms with Crippen molar-refractivity contribution >= 4 is 33.5 Å². The minimum Gasteiger partial charge on any atom is -0.448 e. The normalized spacial score (nSPS) is 16.8. The maximum Gasteiger partial charge on any atom is 0.339 e. The Hall–Kier alpha value is -2.14. The Kier molecular flexibility index (Phi) is 3.75. The van der Waals surface area contributed by atoms with Crippen molar-refractivity contribution in [2.75, 3.05) is 5.32 Å². The Morgan fingerprint density at radius 2 is 1.86 bits per heavy atom. The first-order valence-electron chi connectivity index (χ1n) is 6.49. The maximum atomic E-state index is 12.2. The van der Waals surface area contributed by atoms with Crippen molar-refractivity contribution in [2.24, 2.45) is 0 Å². The zero-order chi connectivity index (χ0) is 14.8. The van der Waals surface area contributed by atoms with E-state index in [0.717, 1.165) is 10.0 Å². The summed E-state index contributed by atoms with van der Waals surface area (Å²) < 4.78 is 6.14. The Labute approximate surface area is 130 Å². The highest BCUT2D eigenvalue weighted by Gasteiger charge is 2.30. The highest BCUT2D eigenvalue weighted by atomic mass is 79.9. The number of cyclic esters (lactones) is 1. The van der Waals surface area contributed by atoms with Crippen LogP contribution in [-0.4, -0.2) is 18.0 Å². The fourth-order valence-electron chi connectivity index (χ4n) is 2.23. The lowest BCUT2D eigenvalue weighted by Crippen LogP contribution is -2.37. The maximum absolute atomic E-state index is 12.2. The van der Waals surface area contributed by atoms with Gasteiger partial charge in [-0.1, -0.05) is 34.1 Å². The van der Waals surface area contributed by atoms with Crippen molar-refractivity contribution < 1.29 is 14.3 Å². The Bertz CT molecular complexity index is 697. The average molecular weight is 346 g/mol. The lowest BCUT2D eigenvalue weighted by molar-refractivity contribution is -0.125. The molecule has 2 aromatic rings. The van der Waals surface area contributed by atoms with Crippen molar-refractivity contribution in [3.05, 3.63) is 64.1 Å². The predicted octanol–water partition coefficient (Wildman–Crippen LogP) is 3.17. The topological polar surface area (TPSA) is 55.4 Å². The molecule has 0 unspecified atom stereocenters. The third-order valence-corrected chi connectivity index (χ3v) is 3.82. The number of hydrogen-bond donors (Lipinski definition) is 1. The van der Waals surface area contributed by atoms with Crippen LogP contribution in [0.5, 0.6) is 0 Å². The van der Waals surface area contributed by atoms with Crippen LogP contribution >= 0.6 is 15.9 Å². The highest BCUT2D eigenvalue weighted by Crippen LogP contribution is 2.22. The third kappa shape index (κ3) is 2.97. The molecule has 0 bridgehead atoms. The number of fused-ring (bicyclic) bond motifs is 1. The Morgan fingerprint density at radius 3 is 2.62 bits per heavy atom.